The molecule has 0 bridgehead atoms. The lowest BCUT2D eigenvalue weighted by molar-refractivity contribution is 0.147. The van der Waals surface area contributed by atoms with Gasteiger partial charge in [0.05, 0.1) is 16.1 Å². The van der Waals surface area contributed by atoms with Crippen LogP contribution in [0.4, 0.5) is 8.78 Å². The van der Waals surface area contributed by atoms with Crippen LogP contribution in [0.5, 0.6) is 0 Å². The second-order valence-corrected chi connectivity index (χ2v) is 8.44. The number of alkyl halides is 2. The second kappa shape index (κ2) is 6.36. The number of hydrogen-bond acceptors (Lipinski definition) is 3. The molecule has 4 rings (SSSR count). The summed E-state index contributed by atoms with van der Waals surface area (Å²) < 4.78 is 52.2. The molecule has 2 N–H and O–H groups in total. The van der Waals surface area contributed by atoms with E-state index in [1.807, 2.05) is 18.2 Å². The van der Waals surface area contributed by atoms with E-state index in [1.165, 1.54) is 28.9 Å². The predicted octanol–water partition coefficient (Wildman–Crippen LogP) is 4.53. The molecule has 4 aromatic rings. The van der Waals surface area contributed by atoms with Crippen LogP contribution < -0.4 is 5.14 Å². The first kappa shape index (κ1) is 18.0. The van der Waals surface area contributed by atoms with E-state index in [2.05, 4.69) is 21.0 Å². The molecule has 5 nitrogen and oxygen atoms in total. The van der Waals surface area contributed by atoms with E-state index < -0.39 is 16.4 Å². The van der Waals surface area contributed by atoms with Gasteiger partial charge in [-0.3, -0.25) is 0 Å². The van der Waals surface area contributed by atoms with Crippen LogP contribution in [-0.4, -0.2) is 18.2 Å². The van der Waals surface area contributed by atoms with Crippen LogP contribution in [0.25, 0.3) is 27.4 Å². The van der Waals surface area contributed by atoms with E-state index in [9.17, 15) is 17.2 Å². The molecule has 0 radical (unpaired) electrons. The summed E-state index contributed by atoms with van der Waals surface area (Å²) in [5.74, 6) is 0. The number of aromatic nitrogens is 2. The van der Waals surface area contributed by atoms with Crippen LogP contribution in [0, 0.1) is 0 Å². The molecule has 9 heteroatoms. The van der Waals surface area contributed by atoms with Crippen LogP contribution in [0.1, 0.15) is 12.1 Å². The summed E-state index contributed by atoms with van der Waals surface area (Å²) in [7, 11) is -3.85. The van der Waals surface area contributed by atoms with Crippen LogP contribution in [0.15, 0.2) is 64.0 Å². The van der Waals surface area contributed by atoms with Crippen molar-refractivity contribution in [3.63, 3.8) is 0 Å². The lowest BCUT2D eigenvalue weighted by atomic mass is 10.1. The van der Waals surface area contributed by atoms with Gasteiger partial charge in [0.25, 0.3) is 6.43 Å². The summed E-state index contributed by atoms with van der Waals surface area (Å²) in [6.07, 6.45) is -2.75. The molecule has 0 fully saturated rings. The molecule has 0 atom stereocenters. The zero-order valence-electron chi connectivity index (χ0n) is 13.6. The summed E-state index contributed by atoms with van der Waals surface area (Å²) >= 11 is 3.40. The second-order valence-electron chi connectivity index (χ2n) is 5.96. The molecule has 0 unspecified atom stereocenters. The Labute approximate surface area is 161 Å². The van der Waals surface area contributed by atoms with Crippen LogP contribution in [0.3, 0.4) is 0 Å². The summed E-state index contributed by atoms with van der Waals surface area (Å²) in [6, 6.07) is 14.5. The maximum absolute atomic E-state index is 13.5. The molecular formula is C18H12BrF2N3O2S. The van der Waals surface area contributed by atoms with Gasteiger partial charge >= 0.3 is 0 Å². The molecule has 1 heterocycles. The molecule has 3 aromatic carbocycles. The molecule has 0 aliphatic heterocycles. The van der Waals surface area contributed by atoms with Gasteiger partial charge in [0.15, 0.2) is 0 Å². The van der Waals surface area contributed by atoms with Crippen molar-refractivity contribution in [3.8, 4) is 5.69 Å². The lowest BCUT2D eigenvalue weighted by Crippen LogP contribution is -2.12. The number of nitrogens with two attached hydrogens (primary N) is 1. The first-order valence-corrected chi connectivity index (χ1v) is 10.1. The molecule has 0 saturated carbocycles. The molecule has 0 saturated heterocycles. The van der Waals surface area contributed by atoms with Gasteiger partial charge in [0.2, 0.25) is 10.0 Å². The third-order valence-corrected chi connectivity index (χ3v) is 5.69. The van der Waals surface area contributed by atoms with Crippen molar-refractivity contribution >= 4 is 47.6 Å². The number of fused-ring (bicyclic) bond motifs is 3. The van der Waals surface area contributed by atoms with Crippen LogP contribution in [0.2, 0.25) is 0 Å². The Morgan fingerprint density at radius 1 is 1.00 bits per heavy atom. The van der Waals surface area contributed by atoms with E-state index in [0.717, 1.165) is 15.2 Å². The average molecular weight is 452 g/mol. The third-order valence-electron chi connectivity index (χ3n) is 4.27. The van der Waals surface area contributed by atoms with Gasteiger partial charge < -0.3 is 0 Å². The molecule has 138 valence electrons. The van der Waals surface area contributed by atoms with Crippen molar-refractivity contribution in [1.29, 1.82) is 0 Å². The average Bonchev–Trinajstić information content (AvgIpc) is 3.01. The zero-order valence-corrected chi connectivity index (χ0v) is 16.0. The van der Waals surface area contributed by atoms with Gasteiger partial charge in [0, 0.05) is 15.2 Å². The molecular weight excluding hydrogens is 440 g/mol. The van der Waals surface area contributed by atoms with E-state index in [4.69, 9.17) is 5.14 Å². The quantitative estimate of drug-likeness (QED) is 0.497. The topological polar surface area (TPSA) is 78.0 Å². The highest BCUT2D eigenvalue weighted by Gasteiger charge is 2.21. The Morgan fingerprint density at radius 3 is 2.30 bits per heavy atom. The van der Waals surface area contributed by atoms with Crippen molar-refractivity contribution in [2.75, 3.05) is 0 Å². The normalized spacial score (nSPS) is 12.3. The Morgan fingerprint density at radius 2 is 1.67 bits per heavy atom. The fraction of sp³-hybridized carbons (Fsp3) is 0.0556. The van der Waals surface area contributed by atoms with Crippen molar-refractivity contribution in [2.24, 2.45) is 5.14 Å². The largest absolute Gasteiger partial charge is 0.282 e. The predicted molar refractivity (Wildman–Crippen MR) is 103 cm³/mol. The van der Waals surface area contributed by atoms with Gasteiger partial charge in [0.1, 0.15) is 5.69 Å². The minimum atomic E-state index is -3.85. The Kier molecular flexibility index (Phi) is 4.25. The zero-order chi connectivity index (χ0) is 19.3. The molecule has 0 amide bonds. The highest BCUT2D eigenvalue weighted by atomic mass is 79.9. The maximum Gasteiger partial charge on any atom is 0.282 e. The monoisotopic (exact) mass is 451 g/mol. The number of benzene rings is 3. The summed E-state index contributed by atoms with van der Waals surface area (Å²) in [5.41, 5.74) is 0.652. The molecule has 0 aliphatic rings. The first-order chi connectivity index (χ1) is 12.8. The smallest absolute Gasteiger partial charge is 0.232 e. The Bertz CT molecular complexity index is 1290. The van der Waals surface area contributed by atoms with Crippen molar-refractivity contribution < 1.29 is 17.2 Å². The van der Waals surface area contributed by atoms with Crippen molar-refractivity contribution in [2.45, 2.75) is 11.3 Å². The van der Waals surface area contributed by atoms with E-state index in [0.29, 0.717) is 16.6 Å². The van der Waals surface area contributed by atoms with Gasteiger partial charge in [-0.2, -0.15) is 5.10 Å². The minimum absolute atomic E-state index is 0.0643. The van der Waals surface area contributed by atoms with Gasteiger partial charge in [-0.1, -0.05) is 34.1 Å². The number of halogens is 3. The Hall–Kier alpha value is -2.36. The first-order valence-electron chi connectivity index (χ1n) is 7.78. The fourth-order valence-corrected chi connectivity index (χ4v) is 3.95. The Balaban J connectivity index is 2.04. The number of sulfonamides is 1. The molecule has 0 spiro atoms. The van der Waals surface area contributed by atoms with E-state index >= 15 is 0 Å². The van der Waals surface area contributed by atoms with Crippen molar-refractivity contribution in [3.05, 3.63) is 64.8 Å². The molecule has 1 aromatic heterocycles. The number of hydrogen-bond donors (Lipinski definition) is 1. The third kappa shape index (κ3) is 3.11. The molecule has 0 aliphatic carbocycles. The summed E-state index contributed by atoms with van der Waals surface area (Å²) in [4.78, 5) is -0.0643. The van der Waals surface area contributed by atoms with Crippen LogP contribution in [-0.2, 0) is 10.0 Å². The number of rotatable bonds is 3. The minimum Gasteiger partial charge on any atom is -0.232 e. The van der Waals surface area contributed by atoms with Gasteiger partial charge in [-0.25, -0.2) is 27.0 Å². The van der Waals surface area contributed by atoms with Gasteiger partial charge in [-0.15, -0.1) is 0 Å². The number of nitrogens with zero attached hydrogens (tertiary/aromatic N) is 2. The highest BCUT2D eigenvalue weighted by Crippen LogP contribution is 2.34. The lowest BCUT2D eigenvalue weighted by Gasteiger charge is -2.07. The maximum atomic E-state index is 13.5. The number of primary sulfonamides is 1. The van der Waals surface area contributed by atoms with E-state index in [1.54, 1.807) is 12.1 Å². The van der Waals surface area contributed by atoms with Crippen molar-refractivity contribution in [1.82, 2.24) is 9.78 Å². The summed E-state index contributed by atoms with van der Waals surface area (Å²) in [6.45, 7) is 0. The highest BCUT2D eigenvalue weighted by molar-refractivity contribution is 9.10. The summed E-state index contributed by atoms with van der Waals surface area (Å²) in [5, 5.41) is 11.2. The molecule has 27 heavy (non-hydrogen) atoms. The SMILES string of the molecule is NS(=O)(=O)c1ccc(-n2nc(C(F)F)c3ccc4cc(Br)ccc4c32)cc1. The standard InChI is InChI=1S/C18H12BrF2N3O2S/c19-11-2-8-14-10(9-11)1-7-15-16(18(20)21)23-24(17(14)15)12-3-5-13(6-4-12)27(22,25)26/h1-9,18H,(H2,22,25,26). The van der Waals surface area contributed by atoms with E-state index in [-0.39, 0.29) is 10.6 Å². The fourth-order valence-electron chi connectivity index (χ4n) is 3.06. The van der Waals surface area contributed by atoms with Gasteiger partial charge in [-0.05, 0) is 41.8 Å². The van der Waals surface area contributed by atoms with Crippen LogP contribution >= 0.6 is 15.9 Å².